The van der Waals surface area contributed by atoms with E-state index in [9.17, 15) is 0 Å². The molecule has 0 amide bonds. The van der Waals surface area contributed by atoms with E-state index in [1.165, 1.54) is 86.5 Å². The minimum absolute atomic E-state index is 0.923. The van der Waals surface area contributed by atoms with Gasteiger partial charge in [-0.15, -0.1) is 11.3 Å². The molecule has 13 rings (SSSR count). The Hall–Kier alpha value is -7.72. The molecular formula is C58H35NOS. The first-order valence-electron chi connectivity index (χ1n) is 20.8. The summed E-state index contributed by atoms with van der Waals surface area (Å²) >= 11 is 1.89. The molecule has 0 aliphatic carbocycles. The molecule has 0 unspecified atom stereocenters. The standard InChI is InChI=1S/C58H35NOS/c1-2-9-36(10-3-1)37-17-19-38(20-18-37)39-21-23-40(24-22-39)46-13-8-14-50-52-35-42(27-32-56(52)61-58(46)50)41-26-31-54-51(34-41)47-11-4-6-15-53(47)59(54)44-28-30-45-43(33-44)25-29-49-48-12-5-7-16-55(48)60-57(45)49/h1-35H. The Morgan fingerprint density at radius 1 is 0.344 bits per heavy atom. The van der Waals surface area contributed by atoms with Crippen molar-refractivity contribution >= 4 is 86.0 Å². The highest BCUT2D eigenvalue weighted by Crippen LogP contribution is 2.43. The maximum absolute atomic E-state index is 6.39. The van der Waals surface area contributed by atoms with Gasteiger partial charge in [-0.3, -0.25) is 0 Å². The molecule has 0 aliphatic rings. The van der Waals surface area contributed by atoms with Crippen LogP contribution in [0.4, 0.5) is 0 Å². The number of furan rings is 1. The van der Waals surface area contributed by atoms with E-state index in [0.717, 1.165) is 38.4 Å². The van der Waals surface area contributed by atoms with Gasteiger partial charge < -0.3 is 8.98 Å². The molecule has 13 aromatic rings. The van der Waals surface area contributed by atoms with E-state index < -0.39 is 0 Å². The topological polar surface area (TPSA) is 18.1 Å². The smallest absolute Gasteiger partial charge is 0.143 e. The van der Waals surface area contributed by atoms with E-state index in [2.05, 4.69) is 205 Å². The summed E-state index contributed by atoms with van der Waals surface area (Å²) in [7, 11) is 0. The van der Waals surface area contributed by atoms with Gasteiger partial charge in [-0.2, -0.15) is 0 Å². The van der Waals surface area contributed by atoms with Crippen molar-refractivity contribution in [3.63, 3.8) is 0 Å². The van der Waals surface area contributed by atoms with Crippen molar-refractivity contribution in [2.75, 3.05) is 0 Å². The molecule has 0 aliphatic heterocycles. The fraction of sp³-hybridized carbons (Fsp3) is 0. The van der Waals surface area contributed by atoms with Crippen LogP contribution in [-0.4, -0.2) is 4.57 Å². The lowest BCUT2D eigenvalue weighted by molar-refractivity contribution is 0.672. The Labute approximate surface area is 355 Å². The molecule has 3 heterocycles. The lowest BCUT2D eigenvalue weighted by Crippen LogP contribution is -1.93. The van der Waals surface area contributed by atoms with Crippen LogP contribution < -0.4 is 0 Å². The molecule has 0 saturated heterocycles. The highest BCUT2D eigenvalue weighted by molar-refractivity contribution is 7.26. The van der Waals surface area contributed by atoms with Gasteiger partial charge in [0.2, 0.25) is 0 Å². The highest BCUT2D eigenvalue weighted by atomic mass is 32.1. The first kappa shape index (κ1) is 34.2. The van der Waals surface area contributed by atoms with Crippen LogP contribution in [0.3, 0.4) is 0 Å². The predicted octanol–water partition coefficient (Wildman–Crippen LogP) is 16.9. The quantitative estimate of drug-likeness (QED) is 0.170. The number of hydrogen-bond donors (Lipinski definition) is 0. The Morgan fingerprint density at radius 3 is 1.75 bits per heavy atom. The lowest BCUT2D eigenvalue weighted by atomic mass is 9.97. The maximum Gasteiger partial charge on any atom is 0.143 e. The second kappa shape index (κ2) is 13.4. The number of rotatable bonds is 5. The van der Waals surface area contributed by atoms with Crippen LogP contribution in [0.1, 0.15) is 0 Å². The van der Waals surface area contributed by atoms with Gasteiger partial charge in [0.25, 0.3) is 0 Å². The third-order valence-electron chi connectivity index (χ3n) is 12.6. The zero-order valence-electron chi connectivity index (χ0n) is 33.0. The van der Waals surface area contributed by atoms with Crippen LogP contribution in [0.15, 0.2) is 217 Å². The average Bonchev–Trinajstić information content (AvgIpc) is 4.01. The summed E-state index contributed by atoms with van der Waals surface area (Å²) < 4.78 is 11.4. The zero-order chi connectivity index (χ0) is 40.0. The first-order valence-corrected chi connectivity index (χ1v) is 21.6. The largest absolute Gasteiger partial charge is 0.455 e. The predicted molar refractivity (Wildman–Crippen MR) is 260 cm³/mol. The minimum atomic E-state index is 0.923. The van der Waals surface area contributed by atoms with Gasteiger partial charge in [0.05, 0.1) is 11.0 Å². The van der Waals surface area contributed by atoms with Crippen molar-refractivity contribution in [3.8, 4) is 50.2 Å². The Morgan fingerprint density at radius 2 is 0.951 bits per heavy atom. The van der Waals surface area contributed by atoms with Gasteiger partial charge in [0.15, 0.2) is 0 Å². The van der Waals surface area contributed by atoms with Crippen LogP contribution >= 0.6 is 11.3 Å². The van der Waals surface area contributed by atoms with Gasteiger partial charge in [-0.1, -0.05) is 152 Å². The summed E-state index contributed by atoms with van der Waals surface area (Å²) in [5, 5.41) is 9.68. The summed E-state index contributed by atoms with van der Waals surface area (Å²) in [5.74, 6) is 0. The highest BCUT2D eigenvalue weighted by Gasteiger charge is 2.17. The number of nitrogens with zero attached hydrogens (tertiary/aromatic N) is 1. The molecule has 61 heavy (non-hydrogen) atoms. The van der Waals surface area contributed by atoms with Crippen molar-refractivity contribution < 1.29 is 4.42 Å². The second-order valence-corrected chi connectivity index (χ2v) is 17.1. The molecule has 0 spiro atoms. The second-order valence-electron chi connectivity index (χ2n) is 16.0. The van der Waals surface area contributed by atoms with Crippen LogP contribution in [0.25, 0.3) is 125 Å². The molecular weight excluding hydrogens is 759 g/mol. The molecule has 0 bridgehead atoms. The summed E-state index contributed by atoms with van der Waals surface area (Å²) in [6, 6.07) is 77.4. The lowest BCUT2D eigenvalue weighted by Gasteiger charge is -2.10. The Bertz CT molecular complexity index is 3850. The molecule has 0 saturated carbocycles. The van der Waals surface area contributed by atoms with Crippen LogP contribution in [0.2, 0.25) is 0 Å². The molecule has 0 atom stereocenters. The SMILES string of the molecule is c1ccc(-c2ccc(-c3ccc(-c4cccc5c4sc4ccc(-c6ccc7c(c6)c6ccccc6n7-c6ccc7c(ccc8c9ccccc9oc78)c6)cc45)cc3)cc2)cc1. The molecule has 284 valence electrons. The average molecular weight is 794 g/mol. The van der Waals surface area contributed by atoms with Gasteiger partial charge >= 0.3 is 0 Å². The van der Waals surface area contributed by atoms with Crippen LogP contribution in [0, 0.1) is 0 Å². The van der Waals surface area contributed by atoms with Crippen molar-refractivity contribution in [2.24, 2.45) is 0 Å². The third kappa shape index (κ3) is 5.41. The van der Waals surface area contributed by atoms with E-state index in [0.29, 0.717) is 0 Å². The van der Waals surface area contributed by atoms with Crippen LogP contribution in [0.5, 0.6) is 0 Å². The Kier molecular flexibility index (Phi) is 7.51. The molecule has 0 N–H and O–H groups in total. The fourth-order valence-corrected chi connectivity index (χ4v) is 10.8. The van der Waals surface area contributed by atoms with E-state index in [1.54, 1.807) is 0 Å². The van der Waals surface area contributed by atoms with Crippen molar-refractivity contribution in [3.05, 3.63) is 212 Å². The molecule has 0 radical (unpaired) electrons. The van der Waals surface area contributed by atoms with E-state index >= 15 is 0 Å². The van der Waals surface area contributed by atoms with Gasteiger partial charge in [-0.05, 0) is 111 Å². The van der Waals surface area contributed by atoms with Crippen molar-refractivity contribution in [1.82, 2.24) is 4.57 Å². The molecule has 0 fully saturated rings. The number of fused-ring (bicyclic) bond motifs is 11. The maximum atomic E-state index is 6.39. The number of hydrogen-bond acceptors (Lipinski definition) is 2. The number of thiophene rings is 1. The van der Waals surface area contributed by atoms with E-state index in [-0.39, 0.29) is 0 Å². The summed E-state index contributed by atoms with van der Waals surface area (Å²) in [6.45, 7) is 0. The van der Waals surface area contributed by atoms with Crippen molar-refractivity contribution in [2.45, 2.75) is 0 Å². The Balaban J connectivity index is 0.858. The summed E-state index contributed by atoms with van der Waals surface area (Å²) in [4.78, 5) is 0. The normalized spacial score (nSPS) is 11.9. The number of para-hydroxylation sites is 2. The third-order valence-corrected chi connectivity index (χ3v) is 13.8. The zero-order valence-corrected chi connectivity index (χ0v) is 33.8. The minimum Gasteiger partial charge on any atom is -0.455 e. The van der Waals surface area contributed by atoms with Gasteiger partial charge in [0, 0.05) is 52.8 Å². The molecule has 3 heteroatoms. The fourth-order valence-electron chi connectivity index (χ4n) is 9.60. The van der Waals surface area contributed by atoms with Gasteiger partial charge in [-0.25, -0.2) is 0 Å². The first-order chi connectivity index (χ1) is 30.2. The molecule has 2 nitrogen and oxygen atoms in total. The van der Waals surface area contributed by atoms with Gasteiger partial charge in [0.1, 0.15) is 11.2 Å². The monoisotopic (exact) mass is 793 g/mol. The molecule has 10 aromatic carbocycles. The molecule has 3 aromatic heterocycles. The summed E-state index contributed by atoms with van der Waals surface area (Å²) in [5.41, 5.74) is 15.2. The van der Waals surface area contributed by atoms with Crippen molar-refractivity contribution in [1.29, 1.82) is 0 Å². The summed E-state index contributed by atoms with van der Waals surface area (Å²) in [6.07, 6.45) is 0. The number of benzene rings is 10. The number of aromatic nitrogens is 1. The van der Waals surface area contributed by atoms with E-state index in [4.69, 9.17) is 4.42 Å². The van der Waals surface area contributed by atoms with Crippen LogP contribution in [-0.2, 0) is 0 Å². The van der Waals surface area contributed by atoms with E-state index in [1.807, 2.05) is 23.5 Å².